The summed E-state index contributed by atoms with van der Waals surface area (Å²) in [4.78, 5) is 50.3. The molecule has 2 N–H and O–H groups in total. The first-order valence-electron chi connectivity index (χ1n) is 15.2. The summed E-state index contributed by atoms with van der Waals surface area (Å²) in [5.41, 5.74) is -0.420. The minimum absolute atomic E-state index is 0.0254. The number of fused-ring (bicyclic) bond motifs is 3. The number of nitrogens with zero attached hydrogens (tertiary/aromatic N) is 6. The van der Waals surface area contributed by atoms with Crippen LogP contribution in [0.4, 0.5) is 25.5 Å². The molecule has 14 heteroatoms. The summed E-state index contributed by atoms with van der Waals surface area (Å²) in [6.45, 7) is 13.6. The molecule has 1 spiro atoms. The summed E-state index contributed by atoms with van der Waals surface area (Å²) < 4.78 is 32.4. The quantitative estimate of drug-likeness (QED) is 0.268. The van der Waals surface area contributed by atoms with E-state index in [1.165, 1.54) is 36.5 Å². The Hall–Kier alpha value is -4.75. The lowest BCUT2D eigenvalue weighted by Crippen LogP contribution is -2.44. The monoisotopic (exact) mass is 634 g/mol. The molecule has 1 saturated heterocycles. The molecule has 244 valence electrons. The molecule has 0 bridgehead atoms. The van der Waals surface area contributed by atoms with Crippen LogP contribution in [0.5, 0.6) is 11.8 Å². The highest BCUT2D eigenvalue weighted by Crippen LogP contribution is 2.54. The van der Waals surface area contributed by atoms with Crippen LogP contribution >= 0.6 is 0 Å². The molecule has 0 radical (unpaired) electrons. The normalized spacial score (nSPS) is 17.4. The van der Waals surface area contributed by atoms with E-state index in [-0.39, 0.29) is 23.2 Å². The van der Waals surface area contributed by atoms with Crippen molar-refractivity contribution in [3.63, 3.8) is 0 Å². The van der Waals surface area contributed by atoms with Crippen molar-refractivity contribution in [3.05, 3.63) is 36.2 Å². The van der Waals surface area contributed by atoms with E-state index in [9.17, 15) is 9.59 Å². The Morgan fingerprint density at radius 2 is 1.74 bits per heavy atom. The van der Waals surface area contributed by atoms with Crippen LogP contribution in [0.3, 0.4) is 0 Å². The maximum atomic E-state index is 15.3. The lowest BCUT2D eigenvalue weighted by Gasteiger charge is -2.25. The Labute approximate surface area is 265 Å². The van der Waals surface area contributed by atoms with Gasteiger partial charge in [0, 0.05) is 30.9 Å². The van der Waals surface area contributed by atoms with Crippen molar-refractivity contribution in [1.82, 2.24) is 30.2 Å². The number of alkyl carbamates (subject to hydrolysis) is 1. The number of aryl methyl sites for hydroxylation is 1. The van der Waals surface area contributed by atoms with Gasteiger partial charge >= 0.3 is 18.2 Å². The average molecular weight is 635 g/mol. The van der Waals surface area contributed by atoms with E-state index in [4.69, 9.17) is 19.2 Å². The van der Waals surface area contributed by atoms with E-state index in [1.54, 1.807) is 27.7 Å². The predicted octanol–water partition coefficient (Wildman–Crippen LogP) is 6.01. The van der Waals surface area contributed by atoms with Gasteiger partial charge in [-0.1, -0.05) is 0 Å². The number of benzene rings is 1. The van der Waals surface area contributed by atoms with E-state index in [1.807, 2.05) is 20.8 Å². The zero-order valence-electron chi connectivity index (χ0n) is 27.3. The first-order chi connectivity index (χ1) is 21.5. The lowest BCUT2D eigenvalue weighted by atomic mass is 10.0. The number of nitrogens with one attached hydrogen (secondary N) is 2. The number of anilines is 2. The summed E-state index contributed by atoms with van der Waals surface area (Å²) in [5.74, 6) is 0.869. The third-order valence-corrected chi connectivity index (χ3v) is 7.99. The molecule has 1 atom stereocenters. The maximum absolute atomic E-state index is 15.3. The summed E-state index contributed by atoms with van der Waals surface area (Å²) in [6.07, 6.45) is 3.79. The Balaban J connectivity index is 1.45. The third-order valence-electron chi connectivity index (χ3n) is 7.99. The van der Waals surface area contributed by atoms with E-state index in [0.717, 1.165) is 12.8 Å². The van der Waals surface area contributed by atoms with Crippen molar-refractivity contribution >= 4 is 45.6 Å². The molecular weight excluding hydrogens is 595 g/mol. The molecule has 1 aliphatic heterocycles. The number of carbonyl (C=O) groups excluding carboxylic acids is 2. The fraction of sp³-hybridized carbons (Fsp3) is 0.500. The van der Waals surface area contributed by atoms with Crippen LogP contribution < -0.4 is 19.9 Å². The van der Waals surface area contributed by atoms with Gasteiger partial charge < -0.3 is 29.4 Å². The molecule has 1 saturated carbocycles. The number of aromatic amines is 1. The molecule has 1 aromatic carbocycles. The molecule has 1 aliphatic carbocycles. The standard InChI is InChI=1S/C32H39FN8O5/c1-17-34-13-19(14-35-17)44-27-38-25-23(20-11-18(33)12-21(24(20)37-25)40(8)29(43)46-31(5,6)7)26(39-27)41-15-22(32(16-41)9-10-32)36-28(42)45-30(2,3)4/h11-14,22H,9-10,15-16H2,1-8H3,(H,36,42)(H,37,38,39)/t22-/m0/s1. The SMILES string of the molecule is Cc1ncc(Oc2nc(N3C[C@H](NC(=O)OC(C)(C)C)C4(CC4)C3)c3c(n2)[nH]c2c(N(C)C(=O)OC(C)(C)C)cc(F)cc23)cn1. The topological polar surface area (TPSA) is 148 Å². The van der Waals surface area contributed by atoms with Crippen LogP contribution in [0.25, 0.3) is 21.9 Å². The lowest BCUT2D eigenvalue weighted by molar-refractivity contribution is 0.0492. The van der Waals surface area contributed by atoms with Gasteiger partial charge in [0.25, 0.3) is 0 Å². The molecule has 13 nitrogen and oxygen atoms in total. The number of halogens is 1. The molecular formula is C32H39FN8O5. The van der Waals surface area contributed by atoms with Gasteiger partial charge in [0.1, 0.15) is 34.3 Å². The number of rotatable bonds is 5. The number of carbonyl (C=O) groups is 2. The van der Waals surface area contributed by atoms with Gasteiger partial charge in [0.2, 0.25) is 0 Å². The largest absolute Gasteiger partial charge is 0.444 e. The minimum Gasteiger partial charge on any atom is -0.444 e. The second kappa shape index (κ2) is 11.0. The van der Waals surface area contributed by atoms with Crippen LogP contribution in [-0.4, -0.2) is 74.5 Å². The van der Waals surface area contributed by atoms with Crippen molar-refractivity contribution in [3.8, 4) is 11.8 Å². The molecule has 2 aliphatic rings. The summed E-state index contributed by atoms with van der Waals surface area (Å²) in [7, 11) is 1.52. The minimum atomic E-state index is -0.749. The third kappa shape index (κ3) is 6.33. The van der Waals surface area contributed by atoms with Crippen LogP contribution in [0.2, 0.25) is 0 Å². The molecule has 4 aromatic rings. The van der Waals surface area contributed by atoms with Crippen LogP contribution in [0, 0.1) is 18.2 Å². The van der Waals surface area contributed by atoms with Gasteiger partial charge in [-0.25, -0.2) is 23.9 Å². The van der Waals surface area contributed by atoms with E-state index >= 15 is 4.39 Å². The molecule has 2 fully saturated rings. The fourth-order valence-electron chi connectivity index (χ4n) is 5.76. The van der Waals surface area contributed by atoms with Crippen LogP contribution in [0.1, 0.15) is 60.2 Å². The highest BCUT2D eigenvalue weighted by atomic mass is 19.1. The number of hydrogen-bond acceptors (Lipinski definition) is 10. The Morgan fingerprint density at radius 1 is 1.07 bits per heavy atom. The maximum Gasteiger partial charge on any atom is 0.414 e. The smallest absolute Gasteiger partial charge is 0.414 e. The van der Waals surface area contributed by atoms with Gasteiger partial charge in [0.15, 0.2) is 5.75 Å². The summed E-state index contributed by atoms with van der Waals surface area (Å²) in [5, 5.41) is 4.10. The molecule has 4 heterocycles. The van der Waals surface area contributed by atoms with Gasteiger partial charge in [-0.2, -0.15) is 9.97 Å². The van der Waals surface area contributed by atoms with Crippen molar-refractivity contribution in [1.29, 1.82) is 0 Å². The van der Waals surface area contributed by atoms with Gasteiger partial charge in [0.05, 0.1) is 35.0 Å². The Kier molecular flexibility index (Phi) is 7.44. The number of aromatic nitrogens is 5. The average Bonchev–Trinajstić information content (AvgIpc) is 3.50. The van der Waals surface area contributed by atoms with Gasteiger partial charge in [-0.3, -0.25) is 4.90 Å². The second-order valence-corrected chi connectivity index (χ2v) is 14.1. The predicted molar refractivity (Wildman–Crippen MR) is 170 cm³/mol. The number of hydrogen-bond donors (Lipinski definition) is 2. The van der Waals surface area contributed by atoms with Crippen molar-refractivity contribution in [2.75, 3.05) is 29.9 Å². The van der Waals surface area contributed by atoms with E-state index in [0.29, 0.717) is 52.4 Å². The van der Waals surface area contributed by atoms with Crippen molar-refractivity contribution < 1.29 is 28.2 Å². The Morgan fingerprint density at radius 3 is 2.37 bits per heavy atom. The second-order valence-electron chi connectivity index (χ2n) is 14.1. The molecule has 46 heavy (non-hydrogen) atoms. The fourth-order valence-corrected chi connectivity index (χ4v) is 5.76. The van der Waals surface area contributed by atoms with E-state index < -0.39 is 29.2 Å². The van der Waals surface area contributed by atoms with Crippen molar-refractivity contribution in [2.45, 2.75) is 78.6 Å². The molecule has 6 rings (SSSR count). The molecule has 2 amide bonds. The number of ether oxygens (including phenoxy) is 3. The summed E-state index contributed by atoms with van der Waals surface area (Å²) in [6, 6.07) is 2.49. The molecule has 0 unspecified atom stereocenters. The first-order valence-corrected chi connectivity index (χ1v) is 15.2. The zero-order valence-corrected chi connectivity index (χ0v) is 27.3. The van der Waals surface area contributed by atoms with Crippen LogP contribution in [0.15, 0.2) is 24.5 Å². The van der Waals surface area contributed by atoms with Crippen LogP contribution in [-0.2, 0) is 9.47 Å². The first kappa shape index (κ1) is 31.2. The molecule has 3 aromatic heterocycles. The number of amides is 2. The summed E-state index contributed by atoms with van der Waals surface area (Å²) >= 11 is 0. The highest BCUT2D eigenvalue weighted by molar-refractivity contribution is 6.16. The zero-order chi connectivity index (χ0) is 33.2. The highest BCUT2D eigenvalue weighted by Gasteiger charge is 2.56. The van der Waals surface area contributed by atoms with Crippen molar-refractivity contribution in [2.24, 2.45) is 5.41 Å². The van der Waals surface area contributed by atoms with Gasteiger partial charge in [-0.15, -0.1) is 0 Å². The number of H-pyrrole nitrogens is 1. The van der Waals surface area contributed by atoms with Gasteiger partial charge in [-0.05, 0) is 73.4 Å². The Bertz CT molecular complexity index is 1830. The van der Waals surface area contributed by atoms with E-state index in [2.05, 4.69) is 30.2 Å².